The van der Waals surface area contributed by atoms with Crippen molar-refractivity contribution in [3.05, 3.63) is 72.4 Å². The highest BCUT2D eigenvalue weighted by Crippen LogP contribution is 2.17. The zero-order valence-electron chi connectivity index (χ0n) is 21.3. The summed E-state index contributed by atoms with van der Waals surface area (Å²) < 4.78 is 0. The Hall–Kier alpha value is -3.37. The van der Waals surface area contributed by atoms with Crippen LogP contribution in [-0.4, -0.2) is 66.5 Å². The number of hydrogen-bond donors (Lipinski definition) is 5. The number of para-hydroxylation sites is 1. The van der Waals surface area contributed by atoms with Crippen molar-refractivity contribution < 1.29 is 9.59 Å². The molecule has 3 rings (SSSR count). The van der Waals surface area contributed by atoms with Gasteiger partial charge in [-0.15, -0.1) is 0 Å². The molecule has 0 unspecified atom stereocenters. The van der Waals surface area contributed by atoms with Crippen LogP contribution in [0.5, 0.6) is 0 Å². The zero-order valence-corrected chi connectivity index (χ0v) is 21.3. The van der Waals surface area contributed by atoms with E-state index in [2.05, 4.69) is 20.5 Å². The van der Waals surface area contributed by atoms with Crippen LogP contribution in [0.25, 0.3) is 10.9 Å². The first-order valence-corrected chi connectivity index (χ1v) is 12.9. The van der Waals surface area contributed by atoms with E-state index >= 15 is 0 Å². The minimum Gasteiger partial charge on any atom is -0.343 e. The van der Waals surface area contributed by atoms with Crippen LogP contribution >= 0.6 is 0 Å². The van der Waals surface area contributed by atoms with E-state index in [0.29, 0.717) is 38.0 Å². The molecule has 0 fully saturated rings. The summed E-state index contributed by atoms with van der Waals surface area (Å²) in [6, 6.07) is 18.0. The van der Waals surface area contributed by atoms with Gasteiger partial charge in [-0.1, -0.05) is 48.5 Å². The van der Waals surface area contributed by atoms with Gasteiger partial charge in [0.15, 0.2) is 0 Å². The predicted molar refractivity (Wildman–Crippen MR) is 149 cm³/mol. The first-order chi connectivity index (χ1) is 18.0. The van der Waals surface area contributed by atoms with Crippen LogP contribution in [0.3, 0.4) is 0 Å². The van der Waals surface area contributed by atoms with Crippen molar-refractivity contribution in [3.63, 3.8) is 0 Å². The number of carbonyl (C=O) groups is 2. The molecule has 2 atom stereocenters. The number of aryl methyl sites for hydroxylation is 1. The number of amides is 2. The summed E-state index contributed by atoms with van der Waals surface area (Å²) in [5.74, 6) is -0.639. The molecule has 0 saturated heterocycles. The van der Waals surface area contributed by atoms with Crippen molar-refractivity contribution in [2.75, 3.05) is 38.0 Å². The number of benzene rings is 2. The van der Waals surface area contributed by atoms with Gasteiger partial charge in [-0.2, -0.15) is 0 Å². The maximum Gasteiger partial charge on any atom is 0.247 e. The molecule has 3 aromatic rings. The van der Waals surface area contributed by atoms with Crippen LogP contribution in [0.4, 0.5) is 5.69 Å². The first kappa shape index (κ1) is 28.2. The van der Waals surface area contributed by atoms with Crippen molar-refractivity contribution >= 4 is 28.4 Å². The molecular formula is C28H39N7O2. The van der Waals surface area contributed by atoms with Gasteiger partial charge in [0, 0.05) is 31.6 Å². The third-order valence-electron chi connectivity index (χ3n) is 6.27. The molecule has 0 spiro atoms. The smallest absolute Gasteiger partial charge is 0.247 e. The van der Waals surface area contributed by atoms with Crippen LogP contribution in [0, 0.1) is 0 Å². The molecule has 0 saturated carbocycles. The van der Waals surface area contributed by atoms with Gasteiger partial charge < -0.3 is 32.7 Å². The van der Waals surface area contributed by atoms with E-state index in [1.165, 1.54) is 0 Å². The minimum absolute atomic E-state index is 0.300. The van der Waals surface area contributed by atoms with E-state index in [4.69, 9.17) is 17.2 Å². The topological polar surface area (TPSA) is 152 Å². The molecule has 198 valence electrons. The summed E-state index contributed by atoms with van der Waals surface area (Å²) in [4.78, 5) is 32.8. The third-order valence-corrected chi connectivity index (χ3v) is 6.27. The Balaban J connectivity index is 1.62. The summed E-state index contributed by atoms with van der Waals surface area (Å²) in [5.41, 5.74) is 20.0. The monoisotopic (exact) mass is 505 g/mol. The summed E-state index contributed by atoms with van der Waals surface area (Å²) in [7, 11) is 0. The van der Waals surface area contributed by atoms with Gasteiger partial charge >= 0.3 is 0 Å². The fourth-order valence-electron chi connectivity index (χ4n) is 4.24. The normalized spacial score (nSPS) is 12.9. The van der Waals surface area contributed by atoms with Crippen LogP contribution in [0.2, 0.25) is 0 Å². The number of nitrogens with zero attached hydrogens (tertiary/aromatic N) is 2. The number of rotatable bonds is 15. The lowest BCUT2D eigenvalue weighted by atomic mass is 10.0. The number of fused-ring (bicyclic) bond motifs is 1. The van der Waals surface area contributed by atoms with Crippen molar-refractivity contribution in [1.82, 2.24) is 15.2 Å². The second kappa shape index (κ2) is 15.0. The van der Waals surface area contributed by atoms with E-state index in [9.17, 15) is 9.59 Å². The van der Waals surface area contributed by atoms with E-state index in [1.807, 2.05) is 60.7 Å². The highest BCUT2D eigenvalue weighted by atomic mass is 16.2. The molecular weight excluding hydrogens is 466 g/mol. The molecule has 0 aliphatic heterocycles. The number of carbonyl (C=O) groups excluding carboxylic acids is 2. The molecule has 2 amide bonds. The molecule has 0 radical (unpaired) electrons. The quantitative estimate of drug-likeness (QED) is 0.210. The lowest BCUT2D eigenvalue weighted by Gasteiger charge is -2.23. The largest absolute Gasteiger partial charge is 0.343 e. The average molecular weight is 506 g/mol. The predicted octanol–water partition coefficient (Wildman–Crippen LogP) is 1.62. The molecule has 8 N–H and O–H groups in total. The molecule has 0 bridgehead atoms. The number of nitrogens with one attached hydrogen (secondary N) is 2. The fraction of sp³-hybridized carbons (Fsp3) is 0.393. The first-order valence-electron chi connectivity index (χ1n) is 12.9. The van der Waals surface area contributed by atoms with Gasteiger partial charge in [0.05, 0.1) is 23.4 Å². The van der Waals surface area contributed by atoms with Crippen LogP contribution in [-0.2, 0) is 16.0 Å². The molecule has 2 aromatic carbocycles. The fourth-order valence-corrected chi connectivity index (χ4v) is 4.24. The third kappa shape index (κ3) is 9.22. The Labute approximate surface area is 218 Å². The summed E-state index contributed by atoms with van der Waals surface area (Å²) in [6.07, 6.45) is 3.93. The summed E-state index contributed by atoms with van der Waals surface area (Å²) in [5, 5.41) is 6.72. The Morgan fingerprint density at radius 1 is 0.892 bits per heavy atom. The zero-order chi connectivity index (χ0) is 26.5. The highest BCUT2D eigenvalue weighted by molar-refractivity contribution is 5.98. The SMILES string of the molecule is NCCN(CCN)CCC[C@H](N)C(=O)N[C@H](CCc1ccccc1)C(=O)Nc1cnc2ccccc2c1. The average Bonchev–Trinajstić information content (AvgIpc) is 2.91. The van der Waals surface area contributed by atoms with E-state index in [-0.39, 0.29) is 11.8 Å². The van der Waals surface area contributed by atoms with Crippen molar-refractivity contribution in [2.24, 2.45) is 17.2 Å². The Kier molecular flexibility index (Phi) is 11.4. The summed E-state index contributed by atoms with van der Waals surface area (Å²) >= 11 is 0. The van der Waals surface area contributed by atoms with Crippen molar-refractivity contribution in [3.8, 4) is 0 Å². The Morgan fingerprint density at radius 3 is 2.32 bits per heavy atom. The van der Waals surface area contributed by atoms with E-state index < -0.39 is 12.1 Å². The summed E-state index contributed by atoms with van der Waals surface area (Å²) in [6.45, 7) is 3.38. The second-order valence-electron chi connectivity index (χ2n) is 9.16. The Morgan fingerprint density at radius 2 is 1.59 bits per heavy atom. The van der Waals surface area contributed by atoms with Gasteiger partial charge in [0.25, 0.3) is 0 Å². The number of hydrogen-bond acceptors (Lipinski definition) is 7. The van der Waals surface area contributed by atoms with Crippen LogP contribution < -0.4 is 27.8 Å². The van der Waals surface area contributed by atoms with Gasteiger partial charge in [0.1, 0.15) is 6.04 Å². The van der Waals surface area contributed by atoms with Gasteiger partial charge in [-0.3, -0.25) is 14.6 Å². The maximum atomic E-state index is 13.3. The molecule has 1 aromatic heterocycles. The van der Waals surface area contributed by atoms with E-state index in [0.717, 1.165) is 42.5 Å². The van der Waals surface area contributed by atoms with Crippen molar-refractivity contribution in [2.45, 2.75) is 37.8 Å². The van der Waals surface area contributed by atoms with E-state index in [1.54, 1.807) is 6.20 Å². The molecule has 1 heterocycles. The standard InChI is InChI=1S/C28H39N7O2/c29-14-17-35(18-15-30)16-6-10-24(31)27(36)34-26(13-12-21-7-2-1-3-8-21)28(37)33-23-19-22-9-4-5-11-25(22)32-20-23/h1-5,7-9,11,19-20,24,26H,6,10,12-18,29-31H2,(H,33,37)(H,34,36)/t24-,26+/m0/s1. The number of anilines is 1. The number of nitrogens with two attached hydrogens (primary N) is 3. The minimum atomic E-state index is -0.740. The van der Waals surface area contributed by atoms with Crippen LogP contribution in [0.1, 0.15) is 24.8 Å². The highest BCUT2D eigenvalue weighted by Gasteiger charge is 2.24. The van der Waals surface area contributed by atoms with Gasteiger partial charge in [0.2, 0.25) is 11.8 Å². The molecule has 9 nitrogen and oxygen atoms in total. The molecule has 0 aliphatic rings. The van der Waals surface area contributed by atoms with Crippen molar-refractivity contribution in [1.29, 1.82) is 0 Å². The molecule has 37 heavy (non-hydrogen) atoms. The van der Waals surface area contributed by atoms with Crippen LogP contribution in [0.15, 0.2) is 66.9 Å². The maximum absolute atomic E-state index is 13.3. The number of pyridine rings is 1. The second-order valence-corrected chi connectivity index (χ2v) is 9.16. The lowest BCUT2D eigenvalue weighted by Crippen LogP contribution is -2.50. The van der Waals surface area contributed by atoms with Gasteiger partial charge in [-0.25, -0.2) is 0 Å². The number of aromatic nitrogens is 1. The Bertz CT molecular complexity index is 1120. The lowest BCUT2D eigenvalue weighted by molar-refractivity contribution is -0.127. The molecule has 0 aliphatic carbocycles. The molecule has 9 heteroatoms. The van der Waals surface area contributed by atoms with Gasteiger partial charge in [-0.05, 0) is 49.9 Å².